The molecule has 0 saturated carbocycles. The summed E-state index contributed by atoms with van der Waals surface area (Å²) in [4.78, 5) is 28.7. The van der Waals surface area contributed by atoms with Gasteiger partial charge in [-0.15, -0.1) is 0 Å². The van der Waals surface area contributed by atoms with Crippen molar-refractivity contribution in [3.63, 3.8) is 0 Å². The summed E-state index contributed by atoms with van der Waals surface area (Å²) in [7, 11) is 0. The van der Waals surface area contributed by atoms with Crippen molar-refractivity contribution < 1.29 is 18.7 Å². The Labute approximate surface area is 122 Å². The molecule has 7 heteroatoms. The van der Waals surface area contributed by atoms with Crippen molar-refractivity contribution in [2.75, 3.05) is 19.7 Å². The molecule has 1 aliphatic heterocycles. The zero-order valence-electron chi connectivity index (χ0n) is 11.8. The first-order valence-electron chi connectivity index (χ1n) is 6.94. The van der Waals surface area contributed by atoms with Gasteiger partial charge in [-0.2, -0.15) is 0 Å². The van der Waals surface area contributed by atoms with E-state index in [0.717, 1.165) is 6.20 Å². The maximum Gasteiger partial charge on any atom is 0.409 e. The molecule has 21 heavy (non-hydrogen) atoms. The molecule has 1 aromatic rings. The standard InChI is InChI=1S/C14H18FN3O3/c1-2-21-14(20)18-7-4-10(5-8-18)17-13(19)11-3-6-16-9-12(11)15/h3,6,9-10H,2,4-5,7-8H2,1H3,(H,17,19). The number of pyridine rings is 1. The van der Waals surface area contributed by atoms with E-state index in [4.69, 9.17) is 4.74 Å². The lowest BCUT2D eigenvalue weighted by Gasteiger charge is -2.31. The predicted molar refractivity (Wildman–Crippen MR) is 73.3 cm³/mol. The lowest BCUT2D eigenvalue weighted by atomic mass is 10.0. The number of likely N-dealkylation sites (tertiary alicyclic amines) is 1. The van der Waals surface area contributed by atoms with Gasteiger partial charge >= 0.3 is 6.09 Å². The second-order valence-electron chi connectivity index (χ2n) is 4.79. The number of halogens is 1. The van der Waals surface area contributed by atoms with E-state index in [1.54, 1.807) is 11.8 Å². The Hall–Kier alpha value is -2.18. The molecule has 1 aromatic heterocycles. The highest BCUT2D eigenvalue weighted by Gasteiger charge is 2.25. The molecular weight excluding hydrogens is 277 g/mol. The number of aromatic nitrogens is 1. The number of amides is 2. The summed E-state index contributed by atoms with van der Waals surface area (Å²) in [5, 5.41) is 2.78. The van der Waals surface area contributed by atoms with Gasteiger partial charge in [-0.1, -0.05) is 0 Å². The van der Waals surface area contributed by atoms with Crippen LogP contribution in [0.3, 0.4) is 0 Å². The van der Waals surface area contributed by atoms with Gasteiger partial charge in [0.15, 0.2) is 5.82 Å². The van der Waals surface area contributed by atoms with Gasteiger partial charge in [0.25, 0.3) is 5.91 Å². The molecule has 1 fully saturated rings. The van der Waals surface area contributed by atoms with E-state index in [1.165, 1.54) is 12.3 Å². The van der Waals surface area contributed by atoms with Crippen molar-refractivity contribution in [3.05, 3.63) is 29.8 Å². The molecular formula is C14H18FN3O3. The van der Waals surface area contributed by atoms with Crippen LogP contribution in [0.4, 0.5) is 9.18 Å². The van der Waals surface area contributed by atoms with Gasteiger partial charge in [-0.25, -0.2) is 9.18 Å². The molecule has 0 atom stereocenters. The second kappa shape index (κ2) is 7.01. The molecule has 6 nitrogen and oxygen atoms in total. The molecule has 0 spiro atoms. The number of ether oxygens (including phenoxy) is 1. The minimum atomic E-state index is -0.640. The Kier molecular flexibility index (Phi) is 5.08. The largest absolute Gasteiger partial charge is 0.450 e. The van der Waals surface area contributed by atoms with Gasteiger partial charge in [0, 0.05) is 25.3 Å². The molecule has 2 rings (SSSR count). The van der Waals surface area contributed by atoms with Crippen LogP contribution in [-0.2, 0) is 4.74 Å². The van der Waals surface area contributed by atoms with E-state index in [-0.39, 0.29) is 17.7 Å². The third kappa shape index (κ3) is 3.90. The fourth-order valence-corrected chi connectivity index (χ4v) is 2.24. The van der Waals surface area contributed by atoms with Crippen molar-refractivity contribution in [3.8, 4) is 0 Å². The molecule has 0 aliphatic carbocycles. The van der Waals surface area contributed by atoms with Crippen LogP contribution < -0.4 is 5.32 Å². The zero-order chi connectivity index (χ0) is 15.2. The number of hydrogen-bond acceptors (Lipinski definition) is 4. The van der Waals surface area contributed by atoms with E-state index >= 15 is 0 Å². The Morgan fingerprint density at radius 1 is 1.48 bits per heavy atom. The van der Waals surface area contributed by atoms with Gasteiger partial charge in [-0.05, 0) is 25.8 Å². The minimum Gasteiger partial charge on any atom is -0.450 e. The molecule has 0 unspecified atom stereocenters. The highest BCUT2D eigenvalue weighted by atomic mass is 19.1. The fourth-order valence-electron chi connectivity index (χ4n) is 2.24. The molecule has 2 heterocycles. The molecule has 0 radical (unpaired) electrons. The van der Waals surface area contributed by atoms with Crippen LogP contribution in [0.2, 0.25) is 0 Å². The van der Waals surface area contributed by atoms with Crippen LogP contribution >= 0.6 is 0 Å². The van der Waals surface area contributed by atoms with E-state index in [1.807, 2.05) is 0 Å². The summed E-state index contributed by atoms with van der Waals surface area (Å²) in [6, 6.07) is 1.27. The van der Waals surface area contributed by atoms with Crippen LogP contribution in [0, 0.1) is 5.82 Å². The summed E-state index contributed by atoms with van der Waals surface area (Å²) in [5.74, 6) is -1.09. The van der Waals surface area contributed by atoms with E-state index in [9.17, 15) is 14.0 Å². The predicted octanol–water partition coefficient (Wildman–Crippen LogP) is 1.57. The summed E-state index contributed by atoms with van der Waals surface area (Å²) < 4.78 is 18.4. The zero-order valence-corrected chi connectivity index (χ0v) is 11.8. The summed E-state index contributed by atoms with van der Waals surface area (Å²) >= 11 is 0. The summed E-state index contributed by atoms with van der Waals surface area (Å²) in [6.45, 7) is 3.14. The van der Waals surface area contributed by atoms with Crippen LogP contribution in [0.5, 0.6) is 0 Å². The normalized spacial score (nSPS) is 15.6. The lowest BCUT2D eigenvalue weighted by Crippen LogP contribution is -2.46. The molecule has 1 saturated heterocycles. The Morgan fingerprint density at radius 2 is 2.19 bits per heavy atom. The van der Waals surface area contributed by atoms with Crippen molar-refractivity contribution in [2.24, 2.45) is 0 Å². The topological polar surface area (TPSA) is 71.5 Å². The number of piperidine rings is 1. The average molecular weight is 295 g/mol. The third-order valence-electron chi connectivity index (χ3n) is 3.37. The molecule has 1 N–H and O–H groups in total. The van der Waals surface area contributed by atoms with Gasteiger partial charge in [0.1, 0.15) is 0 Å². The number of rotatable bonds is 3. The highest BCUT2D eigenvalue weighted by Crippen LogP contribution is 2.13. The van der Waals surface area contributed by atoms with Crippen LogP contribution in [0.15, 0.2) is 18.5 Å². The minimum absolute atomic E-state index is 0.0159. The Balaban J connectivity index is 1.85. The third-order valence-corrected chi connectivity index (χ3v) is 3.37. The molecule has 1 aliphatic rings. The quantitative estimate of drug-likeness (QED) is 0.919. The van der Waals surface area contributed by atoms with Crippen LogP contribution in [0.25, 0.3) is 0 Å². The van der Waals surface area contributed by atoms with Gasteiger partial charge < -0.3 is 15.0 Å². The van der Waals surface area contributed by atoms with Crippen molar-refractivity contribution in [2.45, 2.75) is 25.8 Å². The van der Waals surface area contributed by atoms with Crippen molar-refractivity contribution in [1.29, 1.82) is 0 Å². The van der Waals surface area contributed by atoms with Crippen molar-refractivity contribution in [1.82, 2.24) is 15.2 Å². The maximum atomic E-state index is 13.5. The number of nitrogens with one attached hydrogen (secondary N) is 1. The smallest absolute Gasteiger partial charge is 0.409 e. The number of carbonyl (C=O) groups excluding carboxylic acids is 2. The van der Waals surface area contributed by atoms with Crippen LogP contribution in [0.1, 0.15) is 30.1 Å². The SMILES string of the molecule is CCOC(=O)N1CCC(NC(=O)c2ccncc2F)CC1. The first-order chi connectivity index (χ1) is 10.1. The highest BCUT2D eigenvalue weighted by molar-refractivity contribution is 5.94. The molecule has 114 valence electrons. The number of nitrogens with zero attached hydrogens (tertiary/aromatic N) is 2. The van der Waals surface area contributed by atoms with E-state index in [2.05, 4.69) is 10.3 Å². The Morgan fingerprint density at radius 3 is 2.81 bits per heavy atom. The van der Waals surface area contributed by atoms with Gasteiger partial charge in [0.2, 0.25) is 0 Å². The van der Waals surface area contributed by atoms with E-state index in [0.29, 0.717) is 32.5 Å². The summed E-state index contributed by atoms with van der Waals surface area (Å²) in [5.41, 5.74) is -0.0159. The second-order valence-corrected chi connectivity index (χ2v) is 4.79. The fraction of sp³-hybridized carbons (Fsp3) is 0.500. The van der Waals surface area contributed by atoms with Gasteiger partial charge in [-0.3, -0.25) is 9.78 Å². The summed E-state index contributed by atoms with van der Waals surface area (Å²) in [6.07, 6.45) is 3.30. The Bertz CT molecular complexity index is 516. The van der Waals surface area contributed by atoms with Crippen molar-refractivity contribution >= 4 is 12.0 Å². The average Bonchev–Trinajstić information content (AvgIpc) is 2.48. The maximum absolute atomic E-state index is 13.5. The first-order valence-corrected chi connectivity index (χ1v) is 6.94. The first kappa shape index (κ1) is 15.2. The van der Waals surface area contributed by atoms with Gasteiger partial charge in [0.05, 0.1) is 18.4 Å². The lowest BCUT2D eigenvalue weighted by molar-refractivity contribution is 0.0857. The molecule has 2 amide bonds. The molecule has 0 aromatic carbocycles. The molecule has 0 bridgehead atoms. The monoisotopic (exact) mass is 295 g/mol. The van der Waals surface area contributed by atoms with Crippen LogP contribution in [-0.4, -0.2) is 47.6 Å². The van der Waals surface area contributed by atoms with E-state index < -0.39 is 11.7 Å². The number of carbonyl (C=O) groups is 2. The number of hydrogen-bond donors (Lipinski definition) is 1.